The van der Waals surface area contributed by atoms with Gasteiger partial charge in [0.1, 0.15) is 6.17 Å². The second-order valence-corrected chi connectivity index (χ2v) is 9.30. The van der Waals surface area contributed by atoms with Gasteiger partial charge in [0, 0.05) is 25.6 Å². The fourth-order valence-electron chi connectivity index (χ4n) is 5.46. The van der Waals surface area contributed by atoms with Crippen LogP contribution in [0.15, 0.2) is 41.4 Å². The third kappa shape index (κ3) is 3.80. The van der Waals surface area contributed by atoms with E-state index in [9.17, 15) is 0 Å². The summed E-state index contributed by atoms with van der Waals surface area (Å²) in [4.78, 5) is 17.2. The summed E-state index contributed by atoms with van der Waals surface area (Å²) in [6.07, 6.45) is 9.44. The van der Waals surface area contributed by atoms with Crippen molar-refractivity contribution in [3.63, 3.8) is 0 Å². The SMILES string of the molecule is C1=CC[C@@H]([C@@H]2NC3=NCN(CCCN4CCOCC4)CN3c3nc4ccccc4n32)CC1. The smallest absolute Gasteiger partial charge is 0.216 e. The van der Waals surface area contributed by atoms with E-state index in [1.54, 1.807) is 0 Å². The number of rotatable bonds is 5. The average Bonchev–Trinajstić information content (AvgIpc) is 3.25. The Morgan fingerprint density at radius 2 is 1.94 bits per heavy atom. The zero-order valence-electron chi connectivity index (χ0n) is 18.7. The Labute approximate surface area is 189 Å². The standard InChI is InChI=1S/C24H33N7O/c1-2-7-19(8-3-1)22-27-23-25-17-29(12-6-11-28-13-15-32-16-14-28)18-30(23)24-26-20-9-4-5-10-21(20)31(22)24/h1-2,4-5,9-10,19,22H,3,6-8,11-18H2,(H,25,27)/t19-,22-/m1/s1. The van der Waals surface area contributed by atoms with E-state index in [1.165, 1.54) is 11.9 Å². The van der Waals surface area contributed by atoms with Crippen LogP contribution in [0.4, 0.5) is 5.95 Å². The molecular weight excluding hydrogens is 402 g/mol. The highest BCUT2D eigenvalue weighted by Crippen LogP contribution is 2.37. The van der Waals surface area contributed by atoms with Crippen molar-refractivity contribution in [1.82, 2.24) is 24.7 Å². The number of hydrogen-bond donors (Lipinski definition) is 1. The lowest BCUT2D eigenvalue weighted by Crippen LogP contribution is -2.58. The Kier molecular flexibility index (Phi) is 5.58. The van der Waals surface area contributed by atoms with Gasteiger partial charge in [0.15, 0.2) is 0 Å². The summed E-state index contributed by atoms with van der Waals surface area (Å²) < 4.78 is 7.90. The number of morpholine rings is 1. The fraction of sp³-hybridized carbons (Fsp3) is 0.583. The number of benzene rings is 1. The number of aromatic nitrogens is 2. The van der Waals surface area contributed by atoms with Gasteiger partial charge in [0.25, 0.3) is 0 Å². The van der Waals surface area contributed by atoms with Gasteiger partial charge in [0.2, 0.25) is 11.9 Å². The van der Waals surface area contributed by atoms with E-state index in [-0.39, 0.29) is 6.17 Å². The summed E-state index contributed by atoms with van der Waals surface area (Å²) in [6.45, 7) is 7.59. The molecule has 4 aliphatic rings. The minimum atomic E-state index is 0.199. The van der Waals surface area contributed by atoms with Gasteiger partial charge in [-0.3, -0.25) is 19.3 Å². The summed E-state index contributed by atoms with van der Waals surface area (Å²) in [5.74, 6) is 2.56. The minimum Gasteiger partial charge on any atom is -0.379 e. The van der Waals surface area contributed by atoms with Crippen LogP contribution in [-0.4, -0.2) is 78.0 Å². The number of nitrogens with one attached hydrogen (secondary N) is 1. The molecule has 2 atom stereocenters. The quantitative estimate of drug-likeness (QED) is 0.729. The number of allylic oxidation sites excluding steroid dienone is 2. The van der Waals surface area contributed by atoms with Crippen molar-refractivity contribution in [2.75, 3.05) is 57.6 Å². The molecule has 8 nitrogen and oxygen atoms in total. The van der Waals surface area contributed by atoms with E-state index in [0.717, 1.165) is 89.4 Å². The Morgan fingerprint density at radius 1 is 1.06 bits per heavy atom. The third-order valence-corrected chi connectivity index (χ3v) is 7.20. The predicted octanol–water partition coefficient (Wildman–Crippen LogP) is 2.61. The Balaban J connectivity index is 1.23. The molecule has 1 saturated heterocycles. The van der Waals surface area contributed by atoms with Crippen molar-refractivity contribution in [3.05, 3.63) is 36.4 Å². The van der Waals surface area contributed by atoms with Gasteiger partial charge in [-0.25, -0.2) is 9.98 Å². The van der Waals surface area contributed by atoms with Crippen molar-refractivity contribution in [2.45, 2.75) is 31.8 Å². The van der Waals surface area contributed by atoms with Crippen LogP contribution >= 0.6 is 0 Å². The lowest BCUT2D eigenvalue weighted by atomic mass is 9.91. The van der Waals surface area contributed by atoms with E-state index < -0.39 is 0 Å². The second kappa shape index (κ2) is 8.84. The van der Waals surface area contributed by atoms with E-state index in [1.807, 2.05) is 0 Å². The highest BCUT2D eigenvalue weighted by molar-refractivity contribution is 5.98. The lowest BCUT2D eigenvalue weighted by molar-refractivity contribution is 0.0361. The Hall–Kier alpha value is -2.42. The van der Waals surface area contributed by atoms with Crippen LogP contribution in [-0.2, 0) is 4.74 Å². The minimum absolute atomic E-state index is 0.199. The molecule has 0 saturated carbocycles. The molecule has 6 rings (SSSR count). The molecule has 3 aliphatic heterocycles. The molecule has 1 aromatic carbocycles. The summed E-state index contributed by atoms with van der Waals surface area (Å²) in [5.41, 5.74) is 2.27. The molecule has 32 heavy (non-hydrogen) atoms. The maximum absolute atomic E-state index is 5.47. The monoisotopic (exact) mass is 435 g/mol. The highest BCUT2D eigenvalue weighted by Gasteiger charge is 2.38. The number of aliphatic imine (C=N–C) groups is 1. The largest absolute Gasteiger partial charge is 0.379 e. The number of hydrogen-bond acceptors (Lipinski definition) is 7. The number of anilines is 1. The zero-order valence-corrected chi connectivity index (χ0v) is 18.7. The summed E-state index contributed by atoms with van der Waals surface area (Å²) >= 11 is 0. The number of ether oxygens (including phenoxy) is 1. The maximum atomic E-state index is 5.47. The van der Waals surface area contributed by atoms with Crippen molar-refractivity contribution in [1.29, 1.82) is 0 Å². The van der Waals surface area contributed by atoms with Crippen LogP contribution < -0.4 is 10.2 Å². The first kappa shape index (κ1) is 20.2. The number of fused-ring (bicyclic) bond motifs is 5. The van der Waals surface area contributed by atoms with Crippen molar-refractivity contribution in [3.8, 4) is 0 Å². The fourth-order valence-corrected chi connectivity index (χ4v) is 5.46. The molecule has 1 aromatic heterocycles. The maximum Gasteiger partial charge on any atom is 0.216 e. The second-order valence-electron chi connectivity index (χ2n) is 9.30. The van der Waals surface area contributed by atoms with E-state index in [4.69, 9.17) is 14.7 Å². The van der Waals surface area contributed by atoms with E-state index in [0.29, 0.717) is 5.92 Å². The molecule has 0 radical (unpaired) electrons. The Morgan fingerprint density at radius 3 is 2.81 bits per heavy atom. The third-order valence-electron chi connectivity index (χ3n) is 7.20. The summed E-state index contributed by atoms with van der Waals surface area (Å²) in [6, 6.07) is 8.52. The molecule has 8 heteroatoms. The van der Waals surface area contributed by atoms with Gasteiger partial charge in [-0.05, 0) is 44.4 Å². The van der Waals surface area contributed by atoms with E-state index in [2.05, 4.69) is 61.0 Å². The van der Waals surface area contributed by atoms with Gasteiger partial charge in [0.05, 0.1) is 37.6 Å². The number of imidazole rings is 1. The van der Waals surface area contributed by atoms with Crippen LogP contribution in [0.3, 0.4) is 0 Å². The van der Waals surface area contributed by atoms with Gasteiger partial charge in [-0.2, -0.15) is 0 Å². The van der Waals surface area contributed by atoms with Crippen molar-refractivity contribution in [2.24, 2.45) is 10.9 Å². The highest BCUT2D eigenvalue weighted by atomic mass is 16.5. The van der Waals surface area contributed by atoms with Gasteiger partial charge < -0.3 is 10.1 Å². The molecule has 2 aromatic rings. The van der Waals surface area contributed by atoms with Gasteiger partial charge in [-0.15, -0.1) is 0 Å². The first-order valence-electron chi connectivity index (χ1n) is 12.1. The lowest BCUT2D eigenvalue weighted by Gasteiger charge is -2.44. The number of para-hydroxylation sites is 2. The Bertz CT molecular complexity index is 1010. The first-order valence-corrected chi connectivity index (χ1v) is 12.1. The van der Waals surface area contributed by atoms with Crippen LogP contribution in [0.25, 0.3) is 11.0 Å². The van der Waals surface area contributed by atoms with Gasteiger partial charge >= 0.3 is 0 Å². The average molecular weight is 436 g/mol. The van der Waals surface area contributed by atoms with Crippen molar-refractivity contribution < 1.29 is 4.74 Å². The van der Waals surface area contributed by atoms with Crippen molar-refractivity contribution >= 4 is 22.9 Å². The normalized spacial score (nSPS) is 26.5. The molecule has 4 heterocycles. The first-order chi connectivity index (χ1) is 15.9. The molecular formula is C24H33N7O. The molecule has 1 fully saturated rings. The molecule has 0 bridgehead atoms. The molecule has 170 valence electrons. The zero-order chi connectivity index (χ0) is 21.3. The molecule has 1 N–H and O–H groups in total. The molecule has 0 amide bonds. The number of guanidine groups is 1. The van der Waals surface area contributed by atoms with Crippen LogP contribution in [0.1, 0.15) is 31.8 Å². The molecule has 0 spiro atoms. The topological polar surface area (TPSA) is 61.2 Å². The van der Waals surface area contributed by atoms with Crippen LogP contribution in [0.2, 0.25) is 0 Å². The number of nitrogens with zero attached hydrogens (tertiary/aromatic N) is 6. The van der Waals surface area contributed by atoms with Crippen LogP contribution in [0.5, 0.6) is 0 Å². The summed E-state index contributed by atoms with van der Waals surface area (Å²) in [5, 5.41) is 3.80. The van der Waals surface area contributed by atoms with Crippen LogP contribution in [0, 0.1) is 5.92 Å². The molecule has 1 aliphatic carbocycles. The van der Waals surface area contributed by atoms with Gasteiger partial charge in [-0.1, -0.05) is 24.3 Å². The predicted molar refractivity (Wildman–Crippen MR) is 127 cm³/mol. The van der Waals surface area contributed by atoms with E-state index >= 15 is 0 Å². The summed E-state index contributed by atoms with van der Waals surface area (Å²) in [7, 11) is 0. The molecule has 0 unspecified atom stereocenters.